The van der Waals surface area contributed by atoms with Gasteiger partial charge in [-0.05, 0) is 48.4 Å². The molecule has 1 N–H and O–H groups in total. The molecule has 0 spiro atoms. The van der Waals surface area contributed by atoms with Gasteiger partial charge in [0.2, 0.25) is 0 Å². The van der Waals surface area contributed by atoms with E-state index in [1.165, 1.54) is 35.4 Å². The average Bonchev–Trinajstić information content (AvgIpc) is 3.20. The lowest BCUT2D eigenvalue weighted by atomic mass is 9.93. The van der Waals surface area contributed by atoms with Crippen molar-refractivity contribution in [1.82, 2.24) is 5.32 Å². The lowest BCUT2D eigenvalue weighted by molar-refractivity contribution is 0.345. The Labute approximate surface area is 140 Å². The summed E-state index contributed by atoms with van der Waals surface area (Å²) in [5.41, 5.74) is 0. The predicted molar refractivity (Wildman–Crippen MR) is 97.8 cm³/mol. The molecule has 1 fully saturated rings. The molecule has 2 aromatic heterocycles. The summed E-state index contributed by atoms with van der Waals surface area (Å²) in [4.78, 5) is 2.97. The van der Waals surface area contributed by atoms with Crippen molar-refractivity contribution in [1.29, 1.82) is 0 Å². The first-order chi connectivity index (χ1) is 10.3. The first-order valence-corrected chi connectivity index (χ1v) is 10.7. The SMILES string of the molecule is CSC1CCCC(NC(Cc2cccs2)c2cccs2)C1. The summed E-state index contributed by atoms with van der Waals surface area (Å²) < 4.78 is 0. The van der Waals surface area contributed by atoms with Crippen LogP contribution in [-0.2, 0) is 6.42 Å². The first kappa shape index (κ1) is 15.6. The normalized spacial score (nSPS) is 24.0. The van der Waals surface area contributed by atoms with Crippen molar-refractivity contribution in [3.63, 3.8) is 0 Å². The molecule has 0 saturated heterocycles. The molecule has 3 rings (SSSR count). The standard InChI is InChI=1S/C17H23NS3/c1-19-14-6-2-5-13(11-14)18-16(17-8-4-10-21-17)12-15-7-3-9-20-15/h3-4,7-10,13-14,16,18H,2,5-6,11-12H2,1H3. The molecule has 1 nitrogen and oxygen atoms in total. The Balaban J connectivity index is 1.67. The molecule has 2 heterocycles. The molecule has 0 aliphatic heterocycles. The van der Waals surface area contributed by atoms with Crippen molar-refractivity contribution in [3.8, 4) is 0 Å². The van der Waals surface area contributed by atoms with Gasteiger partial charge < -0.3 is 5.32 Å². The summed E-state index contributed by atoms with van der Waals surface area (Å²) >= 11 is 5.81. The van der Waals surface area contributed by atoms with Crippen molar-refractivity contribution in [3.05, 3.63) is 44.8 Å². The number of hydrogen-bond acceptors (Lipinski definition) is 4. The van der Waals surface area contributed by atoms with E-state index in [0.29, 0.717) is 12.1 Å². The van der Waals surface area contributed by atoms with E-state index in [0.717, 1.165) is 11.7 Å². The van der Waals surface area contributed by atoms with Gasteiger partial charge in [0.15, 0.2) is 0 Å². The van der Waals surface area contributed by atoms with Crippen LogP contribution in [0.3, 0.4) is 0 Å². The fourth-order valence-corrected chi connectivity index (χ4v) is 5.52. The summed E-state index contributed by atoms with van der Waals surface area (Å²) in [7, 11) is 0. The lowest BCUT2D eigenvalue weighted by Crippen LogP contribution is -2.38. The van der Waals surface area contributed by atoms with Gasteiger partial charge in [0.25, 0.3) is 0 Å². The number of nitrogens with one attached hydrogen (secondary N) is 1. The van der Waals surface area contributed by atoms with Crippen molar-refractivity contribution < 1.29 is 0 Å². The molecule has 0 radical (unpaired) electrons. The molecule has 3 atom stereocenters. The highest BCUT2D eigenvalue weighted by atomic mass is 32.2. The predicted octanol–water partition coefficient (Wildman–Crippen LogP) is 5.36. The van der Waals surface area contributed by atoms with Gasteiger partial charge >= 0.3 is 0 Å². The van der Waals surface area contributed by atoms with Crippen LogP contribution >= 0.6 is 34.4 Å². The second kappa shape index (κ2) is 7.82. The van der Waals surface area contributed by atoms with Gasteiger partial charge in [-0.1, -0.05) is 18.6 Å². The molecule has 114 valence electrons. The fourth-order valence-electron chi connectivity index (χ4n) is 3.16. The smallest absolute Gasteiger partial charge is 0.0465 e. The van der Waals surface area contributed by atoms with E-state index >= 15 is 0 Å². The zero-order valence-electron chi connectivity index (χ0n) is 12.5. The average molecular weight is 338 g/mol. The Kier molecular flexibility index (Phi) is 5.81. The number of hydrogen-bond donors (Lipinski definition) is 1. The molecule has 3 unspecified atom stereocenters. The second-order valence-corrected chi connectivity index (χ2v) is 8.89. The monoisotopic (exact) mass is 337 g/mol. The van der Waals surface area contributed by atoms with Gasteiger partial charge in [-0.3, -0.25) is 0 Å². The van der Waals surface area contributed by atoms with Crippen molar-refractivity contribution in [2.24, 2.45) is 0 Å². The van der Waals surface area contributed by atoms with Crippen LogP contribution in [0.15, 0.2) is 35.0 Å². The third-order valence-corrected chi connectivity index (χ3v) is 7.25. The zero-order valence-corrected chi connectivity index (χ0v) is 14.9. The Hall–Kier alpha value is -0.290. The van der Waals surface area contributed by atoms with Crippen molar-refractivity contribution >= 4 is 34.4 Å². The minimum Gasteiger partial charge on any atom is -0.306 e. The Morgan fingerprint density at radius 1 is 1.24 bits per heavy atom. The summed E-state index contributed by atoms with van der Waals surface area (Å²) in [6.07, 6.45) is 8.82. The largest absolute Gasteiger partial charge is 0.306 e. The van der Waals surface area contributed by atoms with Crippen LogP contribution in [-0.4, -0.2) is 17.5 Å². The van der Waals surface area contributed by atoms with E-state index in [2.05, 4.69) is 46.6 Å². The molecule has 2 aromatic rings. The fraction of sp³-hybridized carbons (Fsp3) is 0.529. The van der Waals surface area contributed by atoms with Crippen LogP contribution in [0.2, 0.25) is 0 Å². The van der Waals surface area contributed by atoms with Crippen LogP contribution in [0.5, 0.6) is 0 Å². The van der Waals surface area contributed by atoms with Crippen LogP contribution in [0.25, 0.3) is 0 Å². The minimum absolute atomic E-state index is 0.481. The van der Waals surface area contributed by atoms with E-state index < -0.39 is 0 Å². The number of rotatable bonds is 6. The summed E-state index contributed by atoms with van der Waals surface area (Å²) in [6.45, 7) is 0. The third-order valence-electron chi connectivity index (χ3n) is 4.27. The van der Waals surface area contributed by atoms with E-state index in [4.69, 9.17) is 0 Å². The first-order valence-electron chi connectivity index (χ1n) is 7.70. The molecular formula is C17H23NS3. The van der Waals surface area contributed by atoms with E-state index in [1.807, 2.05) is 34.4 Å². The Morgan fingerprint density at radius 2 is 2.10 bits per heavy atom. The van der Waals surface area contributed by atoms with Gasteiger partial charge in [-0.2, -0.15) is 11.8 Å². The Bertz CT molecular complexity index is 506. The summed E-state index contributed by atoms with van der Waals surface area (Å²) in [6, 6.07) is 10.0. The van der Waals surface area contributed by atoms with Gasteiger partial charge in [0.05, 0.1) is 0 Å². The van der Waals surface area contributed by atoms with Gasteiger partial charge in [0, 0.05) is 33.5 Å². The molecule has 0 bridgehead atoms. The zero-order chi connectivity index (χ0) is 14.5. The van der Waals surface area contributed by atoms with Crippen molar-refractivity contribution in [2.45, 2.75) is 49.4 Å². The second-order valence-electron chi connectivity index (χ2n) is 5.74. The topological polar surface area (TPSA) is 12.0 Å². The molecule has 1 saturated carbocycles. The summed E-state index contributed by atoms with van der Waals surface area (Å²) in [5, 5.41) is 9.20. The summed E-state index contributed by atoms with van der Waals surface area (Å²) in [5.74, 6) is 0. The molecule has 0 amide bonds. The number of thioether (sulfide) groups is 1. The van der Waals surface area contributed by atoms with Crippen LogP contribution in [0.4, 0.5) is 0 Å². The van der Waals surface area contributed by atoms with E-state index in [1.54, 1.807) is 0 Å². The maximum Gasteiger partial charge on any atom is 0.0465 e. The van der Waals surface area contributed by atoms with Crippen LogP contribution < -0.4 is 5.32 Å². The molecule has 21 heavy (non-hydrogen) atoms. The van der Waals surface area contributed by atoms with Gasteiger partial charge in [0.1, 0.15) is 0 Å². The maximum absolute atomic E-state index is 3.96. The minimum atomic E-state index is 0.481. The molecular weight excluding hydrogens is 314 g/mol. The van der Waals surface area contributed by atoms with E-state index in [9.17, 15) is 0 Å². The van der Waals surface area contributed by atoms with Gasteiger partial charge in [-0.25, -0.2) is 0 Å². The van der Waals surface area contributed by atoms with Crippen LogP contribution in [0.1, 0.15) is 41.5 Å². The Morgan fingerprint density at radius 3 is 2.81 bits per heavy atom. The highest BCUT2D eigenvalue weighted by molar-refractivity contribution is 7.99. The van der Waals surface area contributed by atoms with Crippen LogP contribution in [0, 0.1) is 0 Å². The number of thiophene rings is 2. The molecule has 1 aliphatic carbocycles. The van der Waals surface area contributed by atoms with Gasteiger partial charge in [-0.15, -0.1) is 22.7 Å². The quantitative estimate of drug-likeness (QED) is 0.762. The third kappa shape index (κ3) is 4.35. The molecule has 0 aromatic carbocycles. The van der Waals surface area contributed by atoms with Crippen molar-refractivity contribution in [2.75, 3.05) is 6.26 Å². The lowest BCUT2D eigenvalue weighted by Gasteiger charge is -2.32. The highest BCUT2D eigenvalue weighted by Gasteiger charge is 2.24. The highest BCUT2D eigenvalue weighted by Crippen LogP contribution is 2.31. The maximum atomic E-state index is 3.96. The molecule has 1 aliphatic rings. The molecule has 4 heteroatoms. The van der Waals surface area contributed by atoms with E-state index in [-0.39, 0.29) is 0 Å².